The molecule has 8 heteroatoms. The first kappa shape index (κ1) is 13.3. The average Bonchev–Trinajstić information content (AvgIpc) is 2.93. The lowest BCUT2D eigenvalue weighted by Gasteiger charge is -2.35. The summed E-state index contributed by atoms with van der Waals surface area (Å²) >= 11 is 0. The fourth-order valence-electron chi connectivity index (χ4n) is 2.34. The molecule has 0 radical (unpaired) electrons. The Morgan fingerprint density at radius 1 is 1.24 bits per heavy atom. The van der Waals surface area contributed by atoms with E-state index >= 15 is 0 Å². The van der Waals surface area contributed by atoms with E-state index in [9.17, 15) is 4.79 Å². The van der Waals surface area contributed by atoms with Crippen molar-refractivity contribution < 1.29 is 4.79 Å². The number of nitrogen functional groups attached to an aromatic ring is 1. The normalized spacial score (nSPS) is 15.2. The molecule has 2 aromatic rings. The number of hydrogen-bond donors (Lipinski definition) is 1. The van der Waals surface area contributed by atoms with Crippen LogP contribution in [0.15, 0.2) is 30.9 Å². The smallest absolute Gasteiger partial charge is 0.244 e. The van der Waals surface area contributed by atoms with Crippen molar-refractivity contribution >= 4 is 17.5 Å². The Morgan fingerprint density at radius 2 is 2.05 bits per heavy atom. The third kappa shape index (κ3) is 3.10. The van der Waals surface area contributed by atoms with Gasteiger partial charge in [0.05, 0.1) is 6.20 Å². The summed E-state index contributed by atoms with van der Waals surface area (Å²) in [7, 11) is 0. The highest BCUT2D eigenvalue weighted by molar-refractivity contribution is 5.76. The molecule has 110 valence electrons. The van der Waals surface area contributed by atoms with Crippen LogP contribution < -0.4 is 10.6 Å². The van der Waals surface area contributed by atoms with E-state index in [4.69, 9.17) is 5.73 Å². The molecule has 0 bridgehead atoms. The van der Waals surface area contributed by atoms with Gasteiger partial charge >= 0.3 is 0 Å². The predicted octanol–water partition coefficient (Wildman–Crippen LogP) is -0.396. The summed E-state index contributed by atoms with van der Waals surface area (Å²) in [4.78, 5) is 24.5. The number of carbonyl (C=O) groups excluding carboxylic acids is 1. The van der Waals surface area contributed by atoms with E-state index in [1.165, 1.54) is 0 Å². The van der Waals surface area contributed by atoms with E-state index in [-0.39, 0.29) is 12.5 Å². The number of piperazine rings is 1. The van der Waals surface area contributed by atoms with Crippen molar-refractivity contribution in [3.05, 3.63) is 30.9 Å². The van der Waals surface area contributed by atoms with Gasteiger partial charge in [0.25, 0.3) is 0 Å². The van der Waals surface area contributed by atoms with Crippen LogP contribution in [0.25, 0.3) is 0 Å². The monoisotopic (exact) mass is 287 g/mol. The molecule has 3 rings (SSSR count). The molecule has 0 aliphatic carbocycles. The number of nitrogens with two attached hydrogens (primary N) is 1. The number of carbonyl (C=O) groups is 1. The second kappa shape index (κ2) is 5.78. The minimum atomic E-state index is 0.0527. The Morgan fingerprint density at radius 3 is 2.67 bits per heavy atom. The zero-order chi connectivity index (χ0) is 14.7. The van der Waals surface area contributed by atoms with Crippen LogP contribution in [0.3, 0.4) is 0 Å². The van der Waals surface area contributed by atoms with Gasteiger partial charge < -0.3 is 15.5 Å². The van der Waals surface area contributed by atoms with Crippen LogP contribution in [-0.2, 0) is 11.3 Å². The van der Waals surface area contributed by atoms with Crippen molar-refractivity contribution in [2.45, 2.75) is 6.54 Å². The maximum atomic E-state index is 12.2. The molecule has 0 aromatic carbocycles. The predicted molar refractivity (Wildman–Crippen MR) is 77.5 cm³/mol. The van der Waals surface area contributed by atoms with Crippen LogP contribution >= 0.6 is 0 Å². The molecule has 1 saturated heterocycles. The van der Waals surface area contributed by atoms with Gasteiger partial charge in [-0.05, 0) is 6.07 Å². The van der Waals surface area contributed by atoms with Crippen LogP contribution in [0, 0.1) is 0 Å². The van der Waals surface area contributed by atoms with Gasteiger partial charge in [-0.3, -0.25) is 14.5 Å². The van der Waals surface area contributed by atoms with Crippen LogP contribution in [-0.4, -0.2) is 56.7 Å². The quantitative estimate of drug-likeness (QED) is 0.826. The summed E-state index contributed by atoms with van der Waals surface area (Å²) in [5.74, 6) is 1.33. The molecule has 0 saturated carbocycles. The molecule has 0 unspecified atom stereocenters. The van der Waals surface area contributed by atoms with Crippen molar-refractivity contribution in [3.8, 4) is 0 Å². The summed E-state index contributed by atoms with van der Waals surface area (Å²) in [5.41, 5.74) is 5.54. The van der Waals surface area contributed by atoms with Gasteiger partial charge in [0.1, 0.15) is 18.2 Å². The van der Waals surface area contributed by atoms with Crippen LogP contribution in [0.1, 0.15) is 0 Å². The molecular formula is C13H17N7O. The fourth-order valence-corrected chi connectivity index (χ4v) is 2.34. The maximum absolute atomic E-state index is 12.2. The van der Waals surface area contributed by atoms with Crippen molar-refractivity contribution in [2.75, 3.05) is 36.8 Å². The van der Waals surface area contributed by atoms with E-state index < -0.39 is 0 Å². The van der Waals surface area contributed by atoms with E-state index in [1.54, 1.807) is 35.5 Å². The van der Waals surface area contributed by atoms with Gasteiger partial charge in [0.15, 0.2) is 0 Å². The number of amides is 1. The summed E-state index contributed by atoms with van der Waals surface area (Å²) in [6.07, 6.45) is 6.78. The van der Waals surface area contributed by atoms with E-state index in [0.29, 0.717) is 18.9 Å². The molecule has 2 aromatic heterocycles. The molecule has 1 aliphatic heterocycles. The first-order valence-electron chi connectivity index (χ1n) is 6.80. The first-order valence-corrected chi connectivity index (χ1v) is 6.80. The summed E-state index contributed by atoms with van der Waals surface area (Å²) in [5, 5.41) is 4.03. The third-order valence-electron chi connectivity index (χ3n) is 3.46. The molecule has 0 atom stereocenters. The molecular weight excluding hydrogens is 270 g/mol. The van der Waals surface area contributed by atoms with Crippen LogP contribution in [0.4, 0.5) is 11.6 Å². The van der Waals surface area contributed by atoms with Gasteiger partial charge in [-0.2, -0.15) is 5.10 Å². The number of nitrogens with zero attached hydrogens (tertiary/aromatic N) is 6. The highest BCUT2D eigenvalue weighted by Gasteiger charge is 2.22. The molecule has 8 nitrogen and oxygen atoms in total. The molecule has 1 amide bonds. The topological polar surface area (TPSA) is 93.2 Å². The Balaban J connectivity index is 1.54. The fraction of sp³-hybridized carbons (Fsp3) is 0.385. The highest BCUT2D eigenvalue weighted by Crippen LogP contribution is 2.11. The van der Waals surface area contributed by atoms with Crippen LogP contribution in [0.5, 0.6) is 0 Å². The molecule has 1 aliphatic rings. The van der Waals surface area contributed by atoms with Crippen molar-refractivity contribution in [1.29, 1.82) is 0 Å². The molecule has 1 fully saturated rings. The van der Waals surface area contributed by atoms with Crippen molar-refractivity contribution in [3.63, 3.8) is 0 Å². The number of hydrogen-bond acceptors (Lipinski definition) is 6. The summed E-state index contributed by atoms with van der Waals surface area (Å²) in [6, 6.07) is 1.68. The first-order chi connectivity index (χ1) is 10.2. The minimum Gasteiger partial charge on any atom is -0.382 e. The zero-order valence-corrected chi connectivity index (χ0v) is 11.6. The van der Waals surface area contributed by atoms with E-state index in [0.717, 1.165) is 18.9 Å². The van der Waals surface area contributed by atoms with Gasteiger partial charge in [0.2, 0.25) is 5.91 Å². The Bertz CT molecular complexity index is 604. The lowest BCUT2D eigenvalue weighted by atomic mass is 10.3. The summed E-state index contributed by atoms with van der Waals surface area (Å²) in [6.45, 7) is 3.08. The number of rotatable bonds is 3. The lowest BCUT2D eigenvalue weighted by molar-refractivity contribution is -0.132. The van der Waals surface area contributed by atoms with E-state index in [1.807, 2.05) is 4.90 Å². The second-order valence-corrected chi connectivity index (χ2v) is 4.87. The molecule has 21 heavy (non-hydrogen) atoms. The lowest BCUT2D eigenvalue weighted by Crippen LogP contribution is -2.49. The second-order valence-electron chi connectivity index (χ2n) is 4.87. The number of aromatic nitrogens is 4. The standard InChI is InChI=1S/C13H17N7O/c14-11-1-4-20(17-11)10-13(21)19-7-5-18(6-8-19)12-9-15-2-3-16-12/h1-4,9H,5-8,10H2,(H2,14,17). The molecule has 0 spiro atoms. The van der Waals surface area contributed by atoms with Gasteiger partial charge in [0, 0.05) is 44.8 Å². The summed E-state index contributed by atoms with van der Waals surface area (Å²) < 4.78 is 1.56. The SMILES string of the molecule is Nc1ccn(CC(=O)N2CCN(c3cnccn3)CC2)n1. The number of anilines is 2. The Kier molecular flexibility index (Phi) is 3.67. The molecule has 2 N–H and O–H groups in total. The van der Waals surface area contributed by atoms with Crippen LogP contribution in [0.2, 0.25) is 0 Å². The highest BCUT2D eigenvalue weighted by atomic mass is 16.2. The van der Waals surface area contributed by atoms with E-state index in [2.05, 4.69) is 20.0 Å². The Labute approximate surface area is 122 Å². The molecule has 3 heterocycles. The average molecular weight is 287 g/mol. The largest absolute Gasteiger partial charge is 0.382 e. The Hall–Kier alpha value is -2.64. The minimum absolute atomic E-state index is 0.0527. The zero-order valence-electron chi connectivity index (χ0n) is 11.6. The van der Waals surface area contributed by atoms with Crippen molar-refractivity contribution in [2.24, 2.45) is 0 Å². The van der Waals surface area contributed by atoms with Gasteiger partial charge in [-0.25, -0.2) is 4.98 Å². The third-order valence-corrected chi connectivity index (χ3v) is 3.46. The van der Waals surface area contributed by atoms with Gasteiger partial charge in [-0.1, -0.05) is 0 Å². The van der Waals surface area contributed by atoms with Gasteiger partial charge in [-0.15, -0.1) is 0 Å². The van der Waals surface area contributed by atoms with Crippen molar-refractivity contribution in [1.82, 2.24) is 24.6 Å². The maximum Gasteiger partial charge on any atom is 0.244 e.